The molecular weight excluding hydrogens is 823 g/mol. The summed E-state index contributed by atoms with van der Waals surface area (Å²) in [6, 6.07) is 14.9. The van der Waals surface area contributed by atoms with Crippen molar-refractivity contribution in [3.05, 3.63) is 99.1 Å². The van der Waals surface area contributed by atoms with Gasteiger partial charge in [-0.3, -0.25) is 9.59 Å². The van der Waals surface area contributed by atoms with E-state index in [2.05, 4.69) is 24.1 Å². The maximum atomic E-state index is 15.2. The molecule has 2 saturated carbocycles. The molecule has 8 rings (SSSR count). The second kappa shape index (κ2) is 19.9. The highest BCUT2D eigenvalue weighted by Gasteiger charge is 2.59. The first-order valence-corrected chi connectivity index (χ1v) is 24.0. The van der Waals surface area contributed by atoms with Crippen LogP contribution in [0.1, 0.15) is 136 Å². The summed E-state index contributed by atoms with van der Waals surface area (Å²) in [5.41, 5.74) is 4.38. The summed E-state index contributed by atoms with van der Waals surface area (Å²) in [5, 5.41) is 61.8. The third-order valence-corrected chi connectivity index (χ3v) is 15.0. The number of carbonyl (C=O) groups is 3. The number of hydrogen-bond acceptors (Lipinski definition) is 11. The Morgan fingerprint density at radius 3 is 2.46 bits per heavy atom. The monoisotopic (exact) mass is 887 g/mol. The number of ketones is 1. The van der Waals surface area contributed by atoms with Crippen LogP contribution >= 0.6 is 0 Å². The summed E-state index contributed by atoms with van der Waals surface area (Å²) >= 11 is 0. The van der Waals surface area contributed by atoms with Gasteiger partial charge >= 0.3 is 11.9 Å². The summed E-state index contributed by atoms with van der Waals surface area (Å²) in [6.07, 6.45) is 5.34. The lowest BCUT2D eigenvalue weighted by atomic mass is 9.53. The van der Waals surface area contributed by atoms with Crippen molar-refractivity contribution in [3.63, 3.8) is 0 Å². The van der Waals surface area contributed by atoms with Gasteiger partial charge in [0.15, 0.2) is 0 Å². The number of carbonyl (C=O) groups excluding carboxylic acids is 3. The Kier molecular flexibility index (Phi) is 14.2. The highest BCUT2D eigenvalue weighted by molar-refractivity contribution is 5.89. The molecule has 0 amide bonds. The highest BCUT2D eigenvalue weighted by atomic mass is 16.6. The number of aromatic hydroxyl groups is 1. The van der Waals surface area contributed by atoms with E-state index in [1.807, 2.05) is 43.3 Å². The number of fused-ring (bicyclic) bond motifs is 7. The van der Waals surface area contributed by atoms with Gasteiger partial charge in [0.1, 0.15) is 29.0 Å². The smallest absolute Gasteiger partial charge is 0.334 e. The second-order valence-electron chi connectivity index (χ2n) is 19.4. The van der Waals surface area contributed by atoms with Gasteiger partial charge in [-0.05, 0) is 121 Å². The van der Waals surface area contributed by atoms with E-state index in [1.165, 1.54) is 12.1 Å². The van der Waals surface area contributed by atoms with Crippen LogP contribution in [0.15, 0.2) is 60.2 Å². The van der Waals surface area contributed by atoms with Crippen LogP contribution in [-0.4, -0.2) is 73.7 Å². The maximum absolute atomic E-state index is 15.2. The van der Waals surface area contributed by atoms with E-state index < -0.39 is 53.6 Å². The van der Waals surface area contributed by atoms with Crippen LogP contribution in [0.2, 0.25) is 0 Å². The minimum atomic E-state index is -1.60. The minimum absolute atomic E-state index is 0.0311. The number of phenols is 1. The number of ether oxygens (including phenoxy) is 2. The zero-order valence-electron chi connectivity index (χ0n) is 38.0. The normalized spacial score (nSPS) is 30.0. The van der Waals surface area contributed by atoms with Gasteiger partial charge in [-0.1, -0.05) is 75.3 Å². The van der Waals surface area contributed by atoms with Gasteiger partial charge in [0, 0.05) is 60.5 Å². The Labute approximate surface area is 382 Å². The number of esters is 2. The number of aliphatic hydroxyl groups is 4. The summed E-state index contributed by atoms with van der Waals surface area (Å²) in [4.78, 5) is 42.3. The average molecular weight is 888 g/mol. The summed E-state index contributed by atoms with van der Waals surface area (Å²) in [5.74, 6) is 3.12. The number of phenolic OH excluding ortho intramolecular Hbond substituents is 1. The first-order chi connectivity index (χ1) is 31.3. The predicted octanol–water partition coefficient (Wildman–Crippen LogP) is 7.30. The standard InChI is InChI=1S/C54H65NO10/c1-4-6-7-11-42-39(30-56)22-36(25-47(42)55-29-31(3)57)34-12-13-35-27-52(61)64-50-28-49(60)37(24-44(35)50)26-51-54(63)40(5-2)14-15-43-45(48(59)17-16-46(43)54)20-33-10-8-9-32(18-33)19-41(58)23-38(21-34)53(62)65-51/h8-10,18,22-25,28,31,34-35,40-41,43,45-46,51,55-58,60,63H,4-7,11,14-17,19-21,26-27,29-30H2,1-3H3/b38-23-/t31-,34+,35-,40-,41+,43-,45-,46+,51+,54-/m0/s1. The molecule has 11 heteroatoms. The molecule has 5 aliphatic rings. The summed E-state index contributed by atoms with van der Waals surface area (Å²) in [6.45, 7) is 5.84. The van der Waals surface area contributed by atoms with Crippen LogP contribution in [0.5, 0.6) is 11.5 Å². The van der Waals surface area contributed by atoms with E-state index in [1.54, 1.807) is 13.0 Å². The Balaban J connectivity index is 1.34. The molecule has 3 aromatic rings. The molecule has 2 aliphatic carbocycles. The molecule has 0 saturated heterocycles. The molecular formula is C54H65NO10. The van der Waals surface area contributed by atoms with E-state index >= 15 is 4.79 Å². The number of hydrogen-bond donors (Lipinski definition) is 6. The average Bonchev–Trinajstić information content (AvgIpc) is 3.28. The van der Waals surface area contributed by atoms with E-state index in [0.29, 0.717) is 54.4 Å². The summed E-state index contributed by atoms with van der Waals surface area (Å²) < 4.78 is 12.4. The number of benzene rings is 3. The van der Waals surface area contributed by atoms with Gasteiger partial charge in [0.05, 0.1) is 31.2 Å². The van der Waals surface area contributed by atoms with Gasteiger partial charge in [-0.15, -0.1) is 0 Å². The Morgan fingerprint density at radius 2 is 1.71 bits per heavy atom. The van der Waals surface area contributed by atoms with Crippen molar-refractivity contribution in [1.82, 2.24) is 0 Å². The quantitative estimate of drug-likeness (QED) is 0.0520. The van der Waals surface area contributed by atoms with Gasteiger partial charge in [-0.2, -0.15) is 0 Å². The maximum Gasteiger partial charge on any atom is 0.334 e. The Bertz CT molecular complexity index is 2380. The van der Waals surface area contributed by atoms with Crippen LogP contribution in [0.25, 0.3) is 0 Å². The van der Waals surface area contributed by atoms with Gasteiger partial charge in [-0.25, -0.2) is 4.79 Å². The van der Waals surface area contributed by atoms with Gasteiger partial charge in [0.2, 0.25) is 0 Å². The van der Waals surface area contributed by atoms with Crippen molar-refractivity contribution >= 4 is 23.4 Å². The van der Waals surface area contributed by atoms with E-state index in [-0.39, 0.29) is 85.9 Å². The second-order valence-corrected chi connectivity index (χ2v) is 19.4. The first kappa shape index (κ1) is 46.5. The van der Waals surface area contributed by atoms with Crippen molar-refractivity contribution in [2.24, 2.45) is 23.7 Å². The molecule has 0 aromatic heterocycles. The zero-order chi connectivity index (χ0) is 46.0. The van der Waals surface area contributed by atoms with Crippen molar-refractivity contribution in [2.75, 3.05) is 11.9 Å². The molecule has 0 unspecified atom stereocenters. The fourth-order valence-electron chi connectivity index (χ4n) is 11.8. The molecule has 3 aliphatic heterocycles. The number of anilines is 1. The molecule has 6 N–H and O–H groups in total. The third-order valence-electron chi connectivity index (χ3n) is 15.0. The van der Waals surface area contributed by atoms with Crippen molar-refractivity contribution in [1.29, 1.82) is 0 Å². The Hall–Kier alpha value is -4.99. The molecule has 10 atom stereocenters. The molecule has 65 heavy (non-hydrogen) atoms. The third kappa shape index (κ3) is 9.78. The van der Waals surface area contributed by atoms with Crippen molar-refractivity contribution in [2.45, 2.75) is 153 Å². The molecule has 346 valence electrons. The fraction of sp³-hybridized carbons (Fsp3) is 0.537. The molecule has 0 radical (unpaired) electrons. The van der Waals surface area contributed by atoms with E-state index in [9.17, 15) is 35.1 Å². The molecule has 2 fully saturated rings. The number of aliphatic hydroxyl groups excluding tert-OH is 3. The van der Waals surface area contributed by atoms with Crippen LogP contribution in [-0.2, 0) is 51.4 Å². The SMILES string of the molecule is CCCCCc1c(CO)cc([C@@H]2C#C[C@H]3CC(=O)Oc4cc(O)c(cc43)C[C@H]3OC(=O)/C(=C\[C@H](O)Cc4cccc(c4)C[C@@H]4C(=O)CC[C@@H]5[C@H]4CC[C@H](CC)[C@]53O)C2)cc1NC[C@H](C)O. The first-order valence-electron chi connectivity index (χ1n) is 24.0. The van der Waals surface area contributed by atoms with Crippen molar-refractivity contribution < 1.29 is 49.4 Å². The number of nitrogens with one attached hydrogen (secondary N) is 1. The molecule has 10 bridgehead atoms. The Morgan fingerprint density at radius 1 is 0.923 bits per heavy atom. The number of unbranched alkanes of at least 4 members (excludes halogenated alkanes) is 2. The van der Waals surface area contributed by atoms with Crippen LogP contribution in [0.3, 0.4) is 0 Å². The molecule has 3 heterocycles. The minimum Gasteiger partial charge on any atom is -0.508 e. The van der Waals surface area contributed by atoms with E-state index in [0.717, 1.165) is 48.1 Å². The van der Waals surface area contributed by atoms with Crippen LogP contribution in [0, 0.1) is 35.5 Å². The lowest BCUT2D eigenvalue weighted by molar-refractivity contribution is -0.212. The number of rotatable bonds is 10. The zero-order valence-corrected chi connectivity index (χ0v) is 38.0. The predicted molar refractivity (Wildman–Crippen MR) is 246 cm³/mol. The van der Waals surface area contributed by atoms with Crippen LogP contribution < -0.4 is 10.1 Å². The fourth-order valence-corrected chi connectivity index (χ4v) is 11.8. The number of Topliss-reactive ketones (excluding diaryl/α,β-unsaturated/α-hetero) is 1. The van der Waals surface area contributed by atoms with Crippen LogP contribution in [0.4, 0.5) is 5.69 Å². The largest absolute Gasteiger partial charge is 0.508 e. The lowest BCUT2D eigenvalue weighted by Crippen LogP contribution is -2.63. The summed E-state index contributed by atoms with van der Waals surface area (Å²) in [7, 11) is 0. The topological polar surface area (TPSA) is 183 Å². The molecule has 3 aromatic carbocycles. The lowest BCUT2D eigenvalue weighted by Gasteiger charge is -2.56. The molecule has 0 spiro atoms. The van der Waals surface area contributed by atoms with Gasteiger partial charge < -0.3 is 40.3 Å². The highest BCUT2D eigenvalue weighted by Crippen LogP contribution is 2.54. The van der Waals surface area contributed by atoms with E-state index in [4.69, 9.17) is 9.47 Å². The van der Waals surface area contributed by atoms with Crippen molar-refractivity contribution in [3.8, 4) is 23.3 Å². The molecule has 11 nitrogen and oxygen atoms in total. The van der Waals surface area contributed by atoms with Gasteiger partial charge in [0.25, 0.3) is 0 Å².